The van der Waals surface area contributed by atoms with E-state index < -0.39 is 34.7 Å². The Kier molecular flexibility index (Phi) is 6.85. The highest BCUT2D eigenvalue weighted by molar-refractivity contribution is 6.04. The van der Waals surface area contributed by atoms with Crippen LogP contribution in [-0.2, 0) is 9.53 Å². The third-order valence-electron chi connectivity index (χ3n) is 3.83. The standard InChI is InChI=1S/C19H18N2O8/c1-11(22)12-6-4-5-7-14(12)20-18(23)10-29-19(24)13-8-16(27-2)17(28-3)9-15(13)21(25)26/h4-9H,10H2,1-3H3,(H,20,23). The number of methoxy groups -OCH3 is 2. The Labute approximate surface area is 165 Å². The van der Waals surface area contributed by atoms with Crippen LogP contribution in [0.15, 0.2) is 36.4 Å². The molecule has 0 aliphatic heterocycles. The van der Waals surface area contributed by atoms with Gasteiger partial charge in [-0.15, -0.1) is 0 Å². The molecular formula is C19H18N2O8. The summed E-state index contributed by atoms with van der Waals surface area (Å²) in [4.78, 5) is 46.5. The first-order chi connectivity index (χ1) is 13.8. The minimum absolute atomic E-state index is 0.0642. The van der Waals surface area contributed by atoms with Gasteiger partial charge in [-0.25, -0.2) is 4.79 Å². The summed E-state index contributed by atoms with van der Waals surface area (Å²) in [6.45, 7) is 0.637. The zero-order valence-electron chi connectivity index (χ0n) is 15.9. The normalized spacial score (nSPS) is 10.0. The highest BCUT2D eigenvalue weighted by Gasteiger charge is 2.26. The quantitative estimate of drug-likeness (QED) is 0.308. The lowest BCUT2D eigenvalue weighted by Crippen LogP contribution is -2.22. The number of amides is 1. The lowest BCUT2D eigenvalue weighted by atomic mass is 10.1. The van der Waals surface area contributed by atoms with Crippen LogP contribution in [0.5, 0.6) is 11.5 Å². The molecule has 29 heavy (non-hydrogen) atoms. The Bertz CT molecular complexity index is 971. The zero-order chi connectivity index (χ0) is 21.6. The number of carbonyl (C=O) groups is 3. The maximum absolute atomic E-state index is 12.3. The van der Waals surface area contributed by atoms with E-state index in [1.54, 1.807) is 12.1 Å². The number of nitro groups is 1. The highest BCUT2D eigenvalue weighted by Crippen LogP contribution is 2.34. The molecule has 0 radical (unpaired) electrons. The first-order valence-corrected chi connectivity index (χ1v) is 8.25. The van der Waals surface area contributed by atoms with Crippen LogP contribution in [0, 0.1) is 10.1 Å². The van der Waals surface area contributed by atoms with E-state index in [4.69, 9.17) is 14.2 Å². The maximum atomic E-state index is 12.3. The predicted molar refractivity (Wildman–Crippen MR) is 102 cm³/mol. The van der Waals surface area contributed by atoms with Gasteiger partial charge in [0.2, 0.25) is 0 Å². The Morgan fingerprint density at radius 1 is 1.03 bits per heavy atom. The van der Waals surface area contributed by atoms with Crippen LogP contribution in [0.1, 0.15) is 27.6 Å². The number of ether oxygens (including phenoxy) is 3. The second-order valence-electron chi connectivity index (χ2n) is 5.71. The average Bonchev–Trinajstić information content (AvgIpc) is 2.70. The number of esters is 1. The monoisotopic (exact) mass is 402 g/mol. The van der Waals surface area contributed by atoms with Crippen LogP contribution in [-0.4, -0.2) is 43.4 Å². The molecule has 0 heterocycles. The van der Waals surface area contributed by atoms with Crippen molar-refractivity contribution in [3.63, 3.8) is 0 Å². The van der Waals surface area contributed by atoms with Gasteiger partial charge in [0.05, 0.1) is 30.9 Å². The third kappa shape index (κ3) is 5.06. The number of nitrogens with zero attached hydrogens (tertiary/aromatic N) is 1. The third-order valence-corrected chi connectivity index (χ3v) is 3.83. The molecular weight excluding hydrogens is 384 g/mol. The van der Waals surface area contributed by atoms with Crippen LogP contribution in [0.25, 0.3) is 0 Å². The number of ketones is 1. The number of para-hydroxylation sites is 1. The number of hydrogen-bond acceptors (Lipinski definition) is 8. The van der Waals surface area contributed by atoms with Gasteiger partial charge in [0.1, 0.15) is 5.56 Å². The minimum Gasteiger partial charge on any atom is -0.493 e. The molecule has 10 nitrogen and oxygen atoms in total. The fourth-order valence-corrected chi connectivity index (χ4v) is 2.48. The van der Waals surface area contributed by atoms with Crippen molar-refractivity contribution in [3.05, 3.63) is 57.6 Å². The molecule has 1 amide bonds. The van der Waals surface area contributed by atoms with Crippen molar-refractivity contribution in [2.45, 2.75) is 6.92 Å². The lowest BCUT2D eigenvalue weighted by Gasteiger charge is -2.11. The van der Waals surface area contributed by atoms with Crippen molar-refractivity contribution in [2.75, 3.05) is 26.1 Å². The second-order valence-corrected chi connectivity index (χ2v) is 5.71. The van der Waals surface area contributed by atoms with Crippen LogP contribution in [0.3, 0.4) is 0 Å². The molecule has 0 saturated carbocycles. The molecule has 0 aliphatic carbocycles. The largest absolute Gasteiger partial charge is 0.493 e. The minimum atomic E-state index is -1.09. The van der Waals surface area contributed by atoms with Gasteiger partial charge in [-0.1, -0.05) is 12.1 Å². The molecule has 0 saturated heterocycles. The highest BCUT2D eigenvalue weighted by atomic mass is 16.6. The molecule has 0 fully saturated rings. The first-order valence-electron chi connectivity index (χ1n) is 8.25. The summed E-state index contributed by atoms with van der Waals surface area (Å²) >= 11 is 0. The van der Waals surface area contributed by atoms with Gasteiger partial charge < -0.3 is 19.5 Å². The molecule has 152 valence electrons. The summed E-state index contributed by atoms with van der Waals surface area (Å²) in [7, 11) is 2.60. The van der Waals surface area contributed by atoms with E-state index in [0.29, 0.717) is 5.56 Å². The van der Waals surface area contributed by atoms with Crippen molar-refractivity contribution in [1.29, 1.82) is 0 Å². The summed E-state index contributed by atoms with van der Waals surface area (Å²) in [6, 6.07) is 8.46. The summed E-state index contributed by atoms with van der Waals surface area (Å²) < 4.78 is 14.9. The smallest absolute Gasteiger partial charge is 0.345 e. The van der Waals surface area contributed by atoms with Crippen LogP contribution in [0.4, 0.5) is 11.4 Å². The summed E-state index contributed by atoms with van der Waals surface area (Å²) in [5.74, 6) is -1.90. The molecule has 0 aromatic heterocycles. The zero-order valence-corrected chi connectivity index (χ0v) is 15.9. The average molecular weight is 402 g/mol. The summed E-state index contributed by atoms with van der Waals surface area (Å²) in [5.41, 5.74) is -0.402. The van der Waals surface area contributed by atoms with Gasteiger partial charge in [0.25, 0.3) is 11.6 Å². The van der Waals surface area contributed by atoms with Crippen molar-refractivity contribution in [1.82, 2.24) is 0 Å². The van der Waals surface area contributed by atoms with Crippen molar-refractivity contribution in [2.24, 2.45) is 0 Å². The number of rotatable bonds is 8. The molecule has 0 aliphatic rings. The molecule has 2 aromatic carbocycles. The fourth-order valence-electron chi connectivity index (χ4n) is 2.48. The second kappa shape index (κ2) is 9.31. The van der Waals surface area contributed by atoms with Gasteiger partial charge in [0.15, 0.2) is 23.9 Å². The number of anilines is 1. The number of Topliss-reactive ketones (excluding diaryl/α,β-unsaturated/α-hetero) is 1. The molecule has 1 N–H and O–H groups in total. The van der Waals surface area contributed by atoms with Crippen LogP contribution >= 0.6 is 0 Å². The number of carbonyl (C=O) groups excluding carboxylic acids is 3. The fraction of sp³-hybridized carbons (Fsp3) is 0.211. The van der Waals surface area contributed by atoms with E-state index in [1.807, 2.05) is 0 Å². The Morgan fingerprint density at radius 2 is 1.66 bits per heavy atom. The lowest BCUT2D eigenvalue weighted by molar-refractivity contribution is -0.385. The van der Waals surface area contributed by atoms with E-state index in [9.17, 15) is 24.5 Å². The van der Waals surface area contributed by atoms with E-state index in [0.717, 1.165) is 12.1 Å². The van der Waals surface area contributed by atoms with E-state index in [-0.39, 0.29) is 23.0 Å². The van der Waals surface area contributed by atoms with Crippen LogP contribution < -0.4 is 14.8 Å². The van der Waals surface area contributed by atoms with Crippen molar-refractivity contribution >= 4 is 29.0 Å². The molecule has 10 heteroatoms. The van der Waals surface area contributed by atoms with Gasteiger partial charge >= 0.3 is 5.97 Å². The Morgan fingerprint density at radius 3 is 2.24 bits per heavy atom. The molecule has 0 bridgehead atoms. The van der Waals surface area contributed by atoms with E-state index in [1.165, 1.54) is 33.3 Å². The molecule has 2 aromatic rings. The van der Waals surface area contributed by atoms with Crippen molar-refractivity contribution in [3.8, 4) is 11.5 Å². The topological polar surface area (TPSA) is 134 Å². The van der Waals surface area contributed by atoms with E-state index >= 15 is 0 Å². The first kappa shape index (κ1) is 21.4. The molecule has 0 spiro atoms. The Balaban J connectivity index is 2.16. The van der Waals surface area contributed by atoms with Gasteiger partial charge in [-0.05, 0) is 19.1 Å². The van der Waals surface area contributed by atoms with Gasteiger partial charge in [-0.3, -0.25) is 19.7 Å². The summed E-state index contributed by atoms with van der Waals surface area (Å²) in [6.07, 6.45) is 0. The number of nitrogens with one attached hydrogen (secondary N) is 1. The summed E-state index contributed by atoms with van der Waals surface area (Å²) in [5, 5.41) is 13.7. The van der Waals surface area contributed by atoms with Crippen molar-refractivity contribution < 1.29 is 33.5 Å². The number of hydrogen-bond donors (Lipinski definition) is 1. The van der Waals surface area contributed by atoms with Gasteiger partial charge in [0, 0.05) is 11.6 Å². The number of benzene rings is 2. The van der Waals surface area contributed by atoms with E-state index in [2.05, 4.69) is 5.32 Å². The Hall–Kier alpha value is -3.95. The van der Waals surface area contributed by atoms with Gasteiger partial charge in [-0.2, -0.15) is 0 Å². The SMILES string of the molecule is COc1cc(C(=O)OCC(=O)Nc2ccccc2C(C)=O)c([N+](=O)[O-])cc1OC. The predicted octanol–water partition coefficient (Wildman–Crippen LogP) is 2.61. The maximum Gasteiger partial charge on any atom is 0.345 e. The molecule has 0 atom stereocenters. The molecule has 2 rings (SSSR count). The molecule has 0 unspecified atom stereocenters. The van der Waals surface area contributed by atoms with Crippen LogP contribution in [0.2, 0.25) is 0 Å². The number of nitro benzene ring substituents is 1.